The summed E-state index contributed by atoms with van der Waals surface area (Å²) in [5.41, 5.74) is 0.934. The first kappa shape index (κ1) is 9.36. The van der Waals surface area contributed by atoms with Gasteiger partial charge in [0.2, 0.25) is 5.13 Å². The number of anilines is 1. The molecule has 4 nitrogen and oxygen atoms in total. The topological polar surface area (TPSA) is 50.7 Å². The molecule has 0 aliphatic heterocycles. The number of nitrogens with zero attached hydrogens (tertiary/aromatic N) is 3. The summed E-state index contributed by atoms with van der Waals surface area (Å²) in [5, 5.41) is 13.0. The molecule has 0 aromatic carbocycles. The first-order chi connectivity index (χ1) is 6.79. The van der Waals surface area contributed by atoms with Gasteiger partial charge in [-0.3, -0.25) is 0 Å². The quantitative estimate of drug-likeness (QED) is 0.799. The van der Waals surface area contributed by atoms with Gasteiger partial charge in [-0.1, -0.05) is 22.9 Å². The number of rotatable bonds is 2. The fourth-order valence-electron chi connectivity index (χ4n) is 0.976. The zero-order chi connectivity index (χ0) is 9.97. The third-order valence-electron chi connectivity index (χ3n) is 1.61. The smallest absolute Gasteiger partial charge is 0.205 e. The highest BCUT2D eigenvalue weighted by Crippen LogP contribution is 2.26. The van der Waals surface area contributed by atoms with E-state index in [1.165, 1.54) is 11.3 Å². The molecule has 72 valence electrons. The van der Waals surface area contributed by atoms with Crippen LogP contribution in [0.3, 0.4) is 0 Å². The van der Waals surface area contributed by atoms with Gasteiger partial charge in [0.1, 0.15) is 10.2 Å². The molecule has 14 heavy (non-hydrogen) atoms. The van der Waals surface area contributed by atoms with Crippen LogP contribution in [0, 0.1) is 0 Å². The van der Waals surface area contributed by atoms with Gasteiger partial charge in [0, 0.05) is 18.8 Å². The van der Waals surface area contributed by atoms with Gasteiger partial charge in [0.25, 0.3) is 0 Å². The van der Waals surface area contributed by atoms with Crippen LogP contribution in [0.15, 0.2) is 18.3 Å². The van der Waals surface area contributed by atoms with Crippen molar-refractivity contribution in [3.63, 3.8) is 0 Å². The largest absolute Gasteiger partial charge is 0.363 e. The second-order valence-electron chi connectivity index (χ2n) is 2.53. The third kappa shape index (κ3) is 1.83. The molecule has 0 bridgehead atoms. The van der Waals surface area contributed by atoms with Crippen LogP contribution in [0.4, 0.5) is 5.13 Å². The van der Waals surface area contributed by atoms with E-state index in [1.807, 2.05) is 13.1 Å². The van der Waals surface area contributed by atoms with Crippen LogP contribution in [0.25, 0.3) is 10.6 Å². The van der Waals surface area contributed by atoms with Gasteiger partial charge in [0.05, 0.1) is 0 Å². The standard InChI is InChI=1S/C8H7ClN4S/c1-10-8-13-12-7(14-8)5-2-3-11-6(9)4-5/h2-4H,1H3,(H,10,13). The third-order valence-corrected chi connectivity index (χ3v) is 2.81. The second-order valence-corrected chi connectivity index (χ2v) is 3.89. The number of hydrogen-bond donors (Lipinski definition) is 1. The monoisotopic (exact) mass is 226 g/mol. The lowest BCUT2D eigenvalue weighted by Gasteiger charge is -1.93. The minimum absolute atomic E-state index is 0.462. The van der Waals surface area contributed by atoms with Crippen molar-refractivity contribution < 1.29 is 0 Å². The molecule has 0 fully saturated rings. The Kier molecular flexibility index (Phi) is 2.60. The lowest BCUT2D eigenvalue weighted by Crippen LogP contribution is -1.84. The Morgan fingerprint density at radius 3 is 2.93 bits per heavy atom. The lowest BCUT2D eigenvalue weighted by molar-refractivity contribution is 1.09. The Labute approximate surface area is 90.0 Å². The summed E-state index contributed by atoms with van der Waals surface area (Å²) < 4.78 is 0. The predicted octanol–water partition coefficient (Wildman–Crippen LogP) is 2.30. The van der Waals surface area contributed by atoms with Crippen LogP contribution in [-0.4, -0.2) is 22.2 Å². The van der Waals surface area contributed by atoms with Gasteiger partial charge in [-0.05, 0) is 12.1 Å². The van der Waals surface area contributed by atoms with Gasteiger partial charge >= 0.3 is 0 Å². The van der Waals surface area contributed by atoms with E-state index in [1.54, 1.807) is 12.3 Å². The molecule has 6 heteroatoms. The van der Waals surface area contributed by atoms with Crippen molar-refractivity contribution in [2.75, 3.05) is 12.4 Å². The van der Waals surface area contributed by atoms with E-state index < -0.39 is 0 Å². The Morgan fingerprint density at radius 1 is 1.43 bits per heavy atom. The summed E-state index contributed by atoms with van der Waals surface area (Å²) in [5.74, 6) is 0. The Hall–Kier alpha value is -1.20. The van der Waals surface area contributed by atoms with Crippen molar-refractivity contribution in [1.29, 1.82) is 0 Å². The number of nitrogens with one attached hydrogen (secondary N) is 1. The Morgan fingerprint density at radius 2 is 2.29 bits per heavy atom. The molecule has 0 saturated carbocycles. The first-order valence-electron chi connectivity index (χ1n) is 3.93. The van der Waals surface area contributed by atoms with Gasteiger partial charge in [-0.15, -0.1) is 10.2 Å². The molecule has 0 amide bonds. The molecule has 0 radical (unpaired) electrons. The van der Waals surface area contributed by atoms with E-state index in [0.717, 1.165) is 15.7 Å². The zero-order valence-electron chi connectivity index (χ0n) is 7.36. The van der Waals surface area contributed by atoms with Crippen LogP contribution in [0.2, 0.25) is 5.15 Å². The SMILES string of the molecule is CNc1nnc(-c2ccnc(Cl)c2)s1. The Bertz CT molecular complexity index is 442. The molecule has 2 aromatic heterocycles. The highest BCUT2D eigenvalue weighted by molar-refractivity contribution is 7.18. The van der Waals surface area contributed by atoms with Gasteiger partial charge in [0.15, 0.2) is 0 Å². The van der Waals surface area contributed by atoms with Crippen LogP contribution in [-0.2, 0) is 0 Å². The molecule has 2 aromatic rings. The van der Waals surface area contributed by atoms with Crippen molar-refractivity contribution in [2.24, 2.45) is 0 Å². The molecule has 2 rings (SSSR count). The highest BCUT2D eigenvalue weighted by atomic mass is 35.5. The van der Waals surface area contributed by atoms with E-state index in [-0.39, 0.29) is 0 Å². The molecule has 0 aliphatic carbocycles. The molecule has 0 aliphatic rings. The van der Waals surface area contributed by atoms with E-state index in [9.17, 15) is 0 Å². The first-order valence-corrected chi connectivity index (χ1v) is 5.12. The lowest BCUT2D eigenvalue weighted by atomic mass is 10.3. The second kappa shape index (κ2) is 3.89. The number of pyridine rings is 1. The molecule has 2 heterocycles. The average molecular weight is 227 g/mol. The normalized spacial score (nSPS) is 10.1. The van der Waals surface area contributed by atoms with Crippen LogP contribution >= 0.6 is 22.9 Å². The van der Waals surface area contributed by atoms with Crippen molar-refractivity contribution >= 4 is 28.1 Å². The number of hydrogen-bond acceptors (Lipinski definition) is 5. The molecular formula is C8H7ClN4S. The van der Waals surface area contributed by atoms with Crippen LogP contribution < -0.4 is 5.32 Å². The average Bonchev–Trinajstić information content (AvgIpc) is 2.66. The van der Waals surface area contributed by atoms with Crippen molar-refractivity contribution in [3.8, 4) is 10.6 Å². The fourth-order valence-corrected chi connectivity index (χ4v) is 1.84. The Balaban J connectivity index is 2.39. The van der Waals surface area contributed by atoms with E-state index in [4.69, 9.17) is 11.6 Å². The summed E-state index contributed by atoms with van der Waals surface area (Å²) in [6.45, 7) is 0. The summed E-state index contributed by atoms with van der Waals surface area (Å²) >= 11 is 7.24. The molecule has 0 spiro atoms. The minimum Gasteiger partial charge on any atom is -0.363 e. The molecule has 0 saturated heterocycles. The van der Waals surface area contributed by atoms with Crippen LogP contribution in [0.1, 0.15) is 0 Å². The highest BCUT2D eigenvalue weighted by Gasteiger charge is 2.05. The van der Waals surface area contributed by atoms with Gasteiger partial charge in [-0.2, -0.15) is 0 Å². The molecule has 1 N–H and O–H groups in total. The van der Waals surface area contributed by atoms with Gasteiger partial charge < -0.3 is 5.32 Å². The number of halogens is 1. The number of aromatic nitrogens is 3. The van der Waals surface area contributed by atoms with Crippen LogP contribution in [0.5, 0.6) is 0 Å². The van der Waals surface area contributed by atoms with Gasteiger partial charge in [-0.25, -0.2) is 4.98 Å². The molecule has 0 unspecified atom stereocenters. The maximum atomic E-state index is 5.77. The van der Waals surface area contributed by atoms with E-state index in [0.29, 0.717) is 5.15 Å². The van der Waals surface area contributed by atoms with Crippen molar-refractivity contribution in [3.05, 3.63) is 23.5 Å². The predicted molar refractivity (Wildman–Crippen MR) is 57.7 cm³/mol. The fraction of sp³-hybridized carbons (Fsp3) is 0.125. The van der Waals surface area contributed by atoms with E-state index >= 15 is 0 Å². The van der Waals surface area contributed by atoms with Crippen molar-refractivity contribution in [2.45, 2.75) is 0 Å². The summed E-state index contributed by atoms with van der Waals surface area (Å²) in [4.78, 5) is 3.90. The minimum atomic E-state index is 0.462. The van der Waals surface area contributed by atoms with E-state index in [2.05, 4.69) is 20.5 Å². The maximum Gasteiger partial charge on any atom is 0.205 e. The summed E-state index contributed by atoms with van der Waals surface area (Å²) in [7, 11) is 1.81. The van der Waals surface area contributed by atoms with Crippen molar-refractivity contribution in [1.82, 2.24) is 15.2 Å². The zero-order valence-corrected chi connectivity index (χ0v) is 8.93. The summed E-state index contributed by atoms with van der Waals surface area (Å²) in [6, 6.07) is 3.62. The summed E-state index contributed by atoms with van der Waals surface area (Å²) in [6.07, 6.45) is 1.65. The maximum absolute atomic E-state index is 5.77. The molecular weight excluding hydrogens is 220 g/mol. The molecule has 0 atom stereocenters.